The standard InChI is InChI=1S/C13H20N4O3S/c1-20-7-11(18)15-9-2-4-17(5-3-9)12(19)6-10-8-21-13(14)16-10/h8-9H,2-7H2,1H3,(H2,14,16)(H,15,18). The number of carbonyl (C=O) groups is 2. The van der Waals surface area contributed by atoms with Crippen LogP contribution >= 0.6 is 11.3 Å². The average Bonchev–Trinajstić information content (AvgIpc) is 2.85. The van der Waals surface area contributed by atoms with E-state index in [1.165, 1.54) is 18.4 Å². The summed E-state index contributed by atoms with van der Waals surface area (Å²) in [4.78, 5) is 29.5. The Kier molecular flexibility index (Phi) is 5.51. The number of nitrogens with two attached hydrogens (primary N) is 1. The van der Waals surface area contributed by atoms with Gasteiger partial charge >= 0.3 is 0 Å². The van der Waals surface area contributed by atoms with Crippen LogP contribution in [0.25, 0.3) is 0 Å². The molecular formula is C13H20N4O3S. The summed E-state index contributed by atoms with van der Waals surface area (Å²) in [6.07, 6.45) is 1.81. The van der Waals surface area contributed by atoms with Crippen molar-refractivity contribution in [2.45, 2.75) is 25.3 Å². The van der Waals surface area contributed by atoms with Gasteiger partial charge in [0.2, 0.25) is 11.8 Å². The number of piperidine rings is 1. The molecular weight excluding hydrogens is 292 g/mol. The maximum atomic E-state index is 12.2. The molecule has 0 bridgehead atoms. The van der Waals surface area contributed by atoms with Crippen molar-refractivity contribution >= 4 is 28.3 Å². The zero-order chi connectivity index (χ0) is 15.2. The van der Waals surface area contributed by atoms with Crippen molar-refractivity contribution in [1.82, 2.24) is 15.2 Å². The van der Waals surface area contributed by atoms with E-state index in [0.29, 0.717) is 18.2 Å². The summed E-state index contributed by atoms with van der Waals surface area (Å²) < 4.78 is 4.78. The second-order valence-electron chi connectivity index (χ2n) is 5.01. The molecule has 1 aromatic rings. The molecule has 2 amide bonds. The van der Waals surface area contributed by atoms with Gasteiger partial charge in [0.1, 0.15) is 6.61 Å². The van der Waals surface area contributed by atoms with Crippen molar-refractivity contribution in [1.29, 1.82) is 0 Å². The van der Waals surface area contributed by atoms with Crippen molar-refractivity contribution < 1.29 is 14.3 Å². The Bertz CT molecular complexity index is 497. The number of ether oxygens (including phenoxy) is 1. The topological polar surface area (TPSA) is 97.5 Å². The minimum Gasteiger partial charge on any atom is -0.375 e. The van der Waals surface area contributed by atoms with Crippen LogP contribution in [0.15, 0.2) is 5.38 Å². The third-order valence-corrected chi connectivity index (χ3v) is 4.11. The molecule has 0 atom stereocenters. The molecule has 0 aromatic carbocycles. The fourth-order valence-electron chi connectivity index (χ4n) is 2.34. The lowest BCUT2D eigenvalue weighted by Crippen LogP contribution is -2.47. The molecule has 21 heavy (non-hydrogen) atoms. The molecule has 3 N–H and O–H groups in total. The highest BCUT2D eigenvalue weighted by atomic mass is 32.1. The van der Waals surface area contributed by atoms with Crippen molar-refractivity contribution in [2.75, 3.05) is 32.5 Å². The number of thiazole rings is 1. The van der Waals surface area contributed by atoms with Crippen LogP contribution in [0.2, 0.25) is 0 Å². The van der Waals surface area contributed by atoms with Crippen molar-refractivity contribution in [3.05, 3.63) is 11.1 Å². The molecule has 1 saturated heterocycles. The normalized spacial score (nSPS) is 16.0. The molecule has 1 aliphatic rings. The van der Waals surface area contributed by atoms with E-state index >= 15 is 0 Å². The first-order valence-corrected chi connectivity index (χ1v) is 7.72. The molecule has 0 spiro atoms. The molecule has 1 aliphatic heterocycles. The van der Waals surface area contributed by atoms with Crippen LogP contribution in [-0.4, -0.2) is 54.5 Å². The maximum absolute atomic E-state index is 12.2. The van der Waals surface area contributed by atoms with Gasteiger partial charge in [-0.3, -0.25) is 9.59 Å². The van der Waals surface area contributed by atoms with Crippen LogP contribution < -0.4 is 11.1 Å². The van der Waals surface area contributed by atoms with Crippen LogP contribution in [0.4, 0.5) is 5.13 Å². The van der Waals surface area contributed by atoms with Gasteiger partial charge in [0, 0.05) is 31.6 Å². The summed E-state index contributed by atoms with van der Waals surface area (Å²) in [5.41, 5.74) is 6.27. The zero-order valence-corrected chi connectivity index (χ0v) is 12.8. The van der Waals surface area contributed by atoms with Crippen LogP contribution in [0, 0.1) is 0 Å². The van der Waals surface area contributed by atoms with Gasteiger partial charge in [0.25, 0.3) is 0 Å². The lowest BCUT2D eigenvalue weighted by Gasteiger charge is -2.32. The number of methoxy groups -OCH3 is 1. The number of nitrogen functional groups attached to an aromatic ring is 1. The van der Waals surface area contributed by atoms with Crippen molar-refractivity contribution in [2.24, 2.45) is 0 Å². The Balaban J connectivity index is 1.75. The van der Waals surface area contributed by atoms with Gasteiger partial charge in [0.05, 0.1) is 12.1 Å². The van der Waals surface area contributed by atoms with E-state index in [2.05, 4.69) is 10.3 Å². The van der Waals surface area contributed by atoms with Crippen LogP contribution in [0.3, 0.4) is 0 Å². The van der Waals surface area contributed by atoms with Crippen LogP contribution in [0.5, 0.6) is 0 Å². The lowest BCUT2D eigenvalue weighted by molar-refractivity contribution is -0.131. The first-order chi connectivity index (χ1) is 10.1. The van der Waals surface area contributed by atoms with Gasteiger partial charge in [-0.2, -0.15) is 0 Å². The molecule has 1 fully saturated rings. The summed E-state index contributed by atoms with van der Waals surface area (Å²) in [5, 5.41) is 5.20. The van der Waals surface area contributed by atoms with E-state index in [1.54, 1.807) is 0 Å². The molecule has 2 rings (SSSR count). The largest absolute Gasteiger partial charge is 0.375 e. The van der Waals surface area contributed by atoms with Gasteiger partial charge in [-0.25, -0.2) is 4.98 Å². The molecule has 8 heteroatoms. The summed E-state index contributed by atoms with van der Waals surface area (Å²) >= 11 is 1.34. The van der Waals surface area contributed by atoms with Gasteiger partial charge in [-0.1, -0.05) is 0 Å². The second kappa shape index (κ2) is 7.37. The Morgan fingerprint density at radius 2 is 2.24 bits per heavy atom. The van der Waals surface area contributed by atoms with Gasteiger partial charge in [-0.15, -0.1) is 11.3 Å². The molecule has 0 saturated carbocycles. The lowest BCUT2D eigenvalue weighted by atomic mass is 10.0. The number of carbonyl (C=O) groups excluding carboxylic acids is 2. The van der Waals surface area contributed by atoms with E-state index in [4.69, 9.17) is 10.5 Å². The van der Waals surface area contributed by atoms with Gasteiger partial charge < -0.3 is 20.7 Å². The Hall–Kier alpha value is -1.67. The summed E-state index contributed by atoms with van der Waals surface area (Å²) in [6.45, 7) is 1.37. The first-order valence-electron chi connectivity index (χ1n) is 6.84. The Morgan fingerprint density at radius 1 is 1.52 bits per heavy atom. The Labute approximate surface area is 127 Å². The Morgan fingerprint density at radius 3 is 2.81 bits per heavy atom. The SMILES string of the molecule is COCC(=O)NC1CCN(C(=O)Cc2csc(N)n2)CC1. The van der Waals surface area contributed by atoms with Crippen LogP contribution in [0.1, 0.15) is 18.5 Å². The summed E-state index contributed by atoms with van der Waals surface area (Å²) in [5.74, 6) is -0.0535. The third-order valence-electron chi connectivity index (χ3n) is 3.39. The van der Waals surface area contributed by atoms with E-state index in [9.17, 15) is 9.59 Å². The van der Waals surface area contributed by atoms with Gasteiger partial charge in [0.15, 0.2) is 5.13 Å². The fraction of sp³-hybridized carbons (Fsp3) is 0.615. The van der Waals surface area contributed by atoms with E-state index in [1.807, 2.05) is 10.3 Å². The number of nitrogens with zero attached hydrogens (tertiary/aromatic N) is 2. The smallest absolute Gasteiger partial charge is 0.246 e. The fourth-order valence-corrected chi connectivity index (χ4v) is 2.91. The van der Waals surface area contributed by atoms with Crippen molar-refractivity contribution in [3.8, 4) is 0 Å². The number of nitrogens with one attached hydrogen (secondary N) is 1. The predicted octanol–water partition coefficient (Wildman–Crippen LogP) is 0.0214. The molecule has 7 nitrogen and oxygen atoms in total. The highest BCUT2D eigenvalue weighted by Crippen LogP contribution is 2.15. The molecule has 0 unspecified atom stereocenters. The summed E-state index contributed by atoms with van der Waals surface area (Å²) in [6, 6.07) is 0.117. The highest BCUT2D eigenvalue weighted by molar-refractivity contribution is 7.13. The monoisotopic (exact) mass is 312 g/mol. The molecule has 116 valence electrons. The number of anilines is 1. The summed E-state index contributed by atoms with van der Waals surface area (Å²) in [7, 11) is 1.49. The molecule has 2 heterocycles. The zero-order valence-electron chi connectivity index (χ0n) is 12.0. The minimum atomic E-state index is -0.111. The third kappa shape index (κ3) is 4.68. The first kappa shape index (κ1) is 15.7. The van der Waals surface area contributed by atoms with Crippen LogP contribution in [-0.2, 0) is 20.7 Å². The molecule has 0 radical (unpaired) electrons. The van der Waals surface area contributed by atoms with E-state index in [-0.39, 0.29) is 30.9 Å². The predicted molar refractivity (Wildman–Crippen MR) is 79.9 cm³/mol. The van der Waals surface area contributed by atoms with Crippen molar-refractivity contribution in [3.63, 3.8) is 0 Å². The van der Waals surface area contributed by atoms with E-state index < -0.39 is 0 Å². The number of likely N-dealkylation sites (tertiary alicyclic amines) is 1. The number of amides is 2. The minimum absolute atomic E-state index is 0.0574. The number of hydrogen-bond donors (Lipinski definition) is 2. The average molecular weight is 312 g/mol. The molecule has 1 aromatic heterocycles. The number of hydrogen-bond acceptors (Lipinski definition) is 6. The highest BCUT2D eigenvalue weighted by Gasteiger charge is 2.24. The number of aromatic nitrogens is 1. The quantitative estimate of drug-likeness (QED) is 0.799. The second-order valence-corrected chi connectivity index (χ2v) is 5.90. The van der Waals surface area contributed by atoms with Gasteiger partial charge in [-0.05, 0) is 12.8 Å². The molecule has 0 aliphatic carbocycles. The number of rotatable bonds is 5. The van der Waals surface area contributed by atoms with E-state index in [0.717, 1.165) is 18.5 Å². The maximum Gasteiger partial charge on any atom is 0.246 e.